The highest BCUT2D eigenvalue weighted by Crippen LogP contribution is 2.30. The van der Waals surface area contributed by atoms with Crippen molar-refractivity contribution in [3.63, 3.8) is 0 Å². The van der Waals surface area contributed by atoms with E-state index in [4.69, 9.17) is 15.8 Å². The Labute approximate surface area is 238 Å². The normalized spacial score (nSPS) is 14.9. The highest BCUT2D eigenvalue weighted by atomic mass is 16.4. The van der Waals surface area contributed by atoms with Crippen molar-refractivity contribution in [1.29, 1.82) is 0 Å². The molecule has 0 fully saturated rings. The molecule has 11 nitrogen and oxygen atoms in total. The van der Waals surface area contributed by atoms with Gasteiger partial charge in [0.1, 0.15) is 35.9 Å². The SMILES string of the molecule is CCCCc1nc2c(N)nc3ccccc3c2n1Cc1ccc(CN(CC=O)CC(O)[C@H](O)[C@H](O)C(O)CO)cc1. The van der Waals surface area contributed by atoms with Crippen molar-refractivity contribution in [2.45, 2.75) is 63.7 Å². The molecule has 0 amide bonds. The number of hydrogen-bond donors (Lipinski definition) is 6. The fraction of sp³-hybridized carbons (Fsp3) is 0.433. The Bertz CT molecular complexity index is 1440. The average Bonchev–Trinajstić information content (AvgIpc) is 3.34. The summed E-state index contributed by atoms with van der Waals surface area (Å²) in [7, 11) is 0. The zero-order valence-electron chi connectivity index (χ0n) is 23.2. The third-order valence-electron chi connectivity index (χ3n) is 7.32. The lowest BCUT2D eigenvalue weighted by Gasteiger charge is -2.29. The lowest BCUT2D eigenvalue weighted by molar-refractivity contribution is -0.122. The minimum Gasteiger partial charge on any atom is -0.394 e. The number of unbranched alkanes of at least 4 members (excludes halogenated alkanes) is 1. The standard InChI is InChI=1S/C30H39N5O6/c1-2-3-8-25-33-26-27(21-6-4-5-7-22(21)32-30(26)31)35(25)16-20-11-9-19(10-12-20)15-34(13-14-36)17-23(38)28(40)29(41)24(39)18-37/h4-7,9-12,14,23-24,28-29,37-41H,2-3,8,13,15-18H2,1H3,(H2,31,32)/t23?,24?,28-,29+/m0/s1. The summed E-state index contributed by atoms with van der Waals surface area (Å²) in [5.74, 6) is 1.36. The second-order valence-corrected chi connectivity index (χ2v) is 10.4. The van der Waals surface area contributed by atoms with Crippen LogP contribution in [0.2, 0.25) is 0 Å². The summed E-state index contributed by atoms with van der Waals surface area (Å²) >= 11 is 0. The molecule has 2 aromatic carbocycles. The van der Waals surface area contributed by atoms with Crippen molar-refractivity contribution >= 4 is 34.0 Å². The van der Waals surface area contributed by atoms with E-state index in [1.807, 2.05) is 48.5 Å². The summed E-state index contributed by atoms with van der Waals surface area (Å²) in [4.78, 5) is 22.3. The number of benzene rings is 2. The highest BCUT2D eigenvalue weighted by molar-refractivity contribution is 6.06. The molecule has 11 heteroatoms. The van der Waals surface area contributed by atoms with E-state index in [2.05, 4.69) is 16.5 Å². The predicted molar refractivity (Wildman–Crippen MR) is 156 cm³/mol. The quantitative estimate of drug-likeness (QED) is 0.114. The van der Waals surface area contributed by atoms with E-state index in [-0.39, 0.29) is 13.1 Å². The van der Waals surface area contributed by atoms with Gasteiger partial charge in [-0.2, -0.15) is 0 Å². The van der Waals surface area contributed by atoms with Crippen LogP contribution in [0, 0.1) is 0 Å². The number of nitrogens with zero attached hydrogens (tertiary/aromatic N) is 4. The number of carbonyl (C=O) groups excluding carboxylic acids is 1. The number of nitrogen functional groups attached to an aromatic ring is 1. The van der Waals surface area contributed by atoms with E-state index >= 15 is 0 Å². The molecule has 2 unspecified atom stereocenters. The lowest BCUT2D eigenvalue weighted by Crippen LogP contribution is -2.49. The van der Waals surface area contributed by atoms with Crippen LogP contribution >= 0.6 is 0 Å². The molecule has 7 N–H and O–H groups in total. The minimum atomic E-state index is -1.72. The molecule has 220 valence electrons. The summed E-state index contributed by atoms with van der Waals surface area (Å²) in [6.45, 7) is 2.15. The number of carbonyl (C=O) groups is 1. The number of pyridine rings is 1. The Morgan fingerprint density at radius 3 is 2.34 bits per heavy atom. The van der Waals surface area contributed by atoms with Crippen LogP contribution in [-0.4, -0.2) is 95.4 Å². The molecule has 0 saturated heterocycles. The van der Waals surface area contributed by atoms with Gasteiger partial charge in [-0.25, -0.2) is 9.97 Å². The van der Waals surface area contributed by atoms with E-state index < -0.39 is 31.0 Å². The van der Waals surface area contributed by atoms with Gasteiger partial charge < -0.3 is 40.6 Å². The molecule has 4 aromatic rings. The Kier molecular flexibility index (Phi) is 10.4. The maximum atomic E-state index is 11.3. The fourth-order valence-corrected chi connectivity index (χ4v) is 5.04. The highest BCUT2D eigenvalue weighted by Gasteiger charge is 2.31. The topological polar surface area (TPSA) is 178 Å². The molecule has 0 spiro atoms. The van der Waals surface area contributed by atoms with Crippen molar-refractivity contribution in [1.82, 2.24) is 19.4 Å². The number of imidazole rings is 1. The van der Waals surface area contributed by atoms with Crippen LogP contribution in [0.1, 0.15) is 36.7 Å². The van der Waals surface area contributed by atoms with Crippen molar-refractivity contribution in [3.05, 3.63) is 65.5 Å². The molecule has 2 heterocycles. The third-order valence-corrected chi connectivity index (χ3v) is 7.32. The second kappa shape index (κ2) is 13.9. The van der Waals surface area contributed by atoms with Gasteiger partial charge in [-0.1, -0.05) is 55.8 Å². The molecule has 0 aliphatic heterocycles. The van der Waals surface area contributed by atoms with Crippen LogP contribution in [0.25, 0.3) is 21.9 Å². The molecule has 0 aliphatic rings. The van der Waals surface area contributed by atoms with E-state index in [9.17, 15) is 25.2 Å². The van der Waals surface area contributed by atoms with Gasteiger partial charge in [-0.05, 0) is 23.6 Å². The van der Waals surface area contributed by atoms with Gasteiger partial charge >= 0.3 is 0 Å². The van der Waals surface area contributed by atoms with Gasteiger partial charge in [-0.15, -0.1) is 0 Å². The number of aliphatic hydroxyl groups excluding tert-OH is 5. The first-order valence-electron chi connectivity index (χ1n) is 13.9. The molecule has 0 aliphatic carbocycles. The van der Waals surface area contributed by atoms with Gasteiger partial charge in [0.2, 0.25) is 0 Å². The number of aryl methyl sites for hydroxylation is 1. The molecule has 4 rings (SSSR count). The first-order chi connectivity index (χ1) is 19.8. The molecule has 2 aromatic heterocycles. The van der Waals surface area contributed by atoms with Crippen LogP contribution < -0.4 is 5.73 Å². The molecular formula is C30H39N5O6. The Balaban J connectivity index is 1.55. The average molecular weight is 566 g/mol. The summed E-state index contributed by atoms with van der Waals surface area (Å²) in [6, 6.07) is 15.8. The monoisotopic (exact) mass is 565 g/mol. The molecule has 0 bridgehead atoms. The first-order valence-corrected chi connectivity index (χ1v) is 13.9. The number of hydrogen-bond acceptors (Lipinski definition) is 10. The van der Waals surface area contributed by atoms with Crippen molar-refractivity contribution in [2.24, 2.45) is 0 Å². The van der Waals surface area contributed by atoms with Gasteiger partial charge in [0, 0.05) is 31.4 Å². The second-order valence-electron chi connectivity index (χ2n) is 10.4. The first kappa shape index (κ1) is 30.5. The number of anilines is 1. The predicted octanol–water partition coefficient (Wildman–Crippen LogP) is 0.994. The lowest BCUT2D eigenvalue weighted by atomic mass is 10.0. The van der Waals surface area contributed by atoms with Crippen LogP contribution in [0.3, 0.4) is 0 Å². The van der Waals surface area contributed by atoms with Crippen LogP contribution in [0.5, 0.6) is 0 Å². The number of aromatic nitrogens is 3. The van der Waals surface area contributed by atoms with Crippen molar-refractivity contribution in [2.75, 3.05) is 25.4 Å². The van der Waals surface area contributed by atoms with Gasteiger partial charge in [-0.3, -0.25) is 4.90 Å². The van der Waals surface area contributed by atoms with Crippen LogP contribution in [-0.2, 0) is 24.3 Å². The summed E-state index contributed by atoms with van der Waals surface area (Å²) in [6.07, 6.45) is -2.91. The van der Waals surface area contributed by atoms with E-state index in [0.29, 0.717) is 30.7 Å². The molecule has 4 atom stereocenters. The Morgan fingerprint density at radius 1 is 0.976 bits per heavy atom. The van der Waals surface area contributed by atoms with Crippen LogP contribution in [0.4, 0.5) is 5.82 Å². The maximum absolute atomic E-state index is 11.3. The molecule has 0 radical (unpaired) electrons. The number of rotatable bonds is 15. The zero-order valence-corrected chi connectivity index (χ0v) is 23.2. The number of para-hydroxylation sites is 1. The van der Waals surface area contributed by atoms with Gasteiger partial charge in [0.25, 0.3) is 0 Å². The van der Waals surface area contributed by atoms with E-state index in [1.165, 1.54) is 0 Å². The van der Waals surface area contributed by atoms with Gasteiger partial charge in [0.15, 0.2) is 5.82 Å². The molecule has 0 saturated carbocycles. The molecular weight excluding hydrogens is 526 g/mol. The maximum Gasteiger partial charge on any atom is 0.152 e. The summed E-state index contributed by atoms with van der Waals surface area (Å²) in [5, 5.41) is 50.0. The summed E-state index contributed by atoms with van der Waals surface area (Å²) < 4.78 is 2.21. The Hall–Kier alpha value is -3.45. The smallest absolute Gasteiger partial charge is 0.152 e. The van der Waals surface area contributed by atoms with Gasteiger partial charge in [0.05, 0.1) is 30.3 Å². The van der Waals surface area contributed by atoms with E-state index in [0.717, 1.165) is 52.6 Å². The number of nitrogens with two attached hydrogens (primary N) is 1. The van der Waals surface area contributed by atoms with Crippen molar-refractivity contribution < 1.29 is 30.3 Å². The fourth-order valence-electron chi connectivity index (χ4n) is 5.04. The van der Waals surface area contributed by atoms with Crippen LogP contribution in [0.15, 0.2) is 48.5 Å². The van der Waals surface area contributed by atoms with Crippen molar-refractivity contribution in [3.8, 4) is 0 Å². The largest absolute Gasteiger partial charge is 0.394 e. The number of fused-ring (bicyclic) bond motifs is 3. The third kappa shape index (κ3) is 7.07. The molecule has 41 heavy (non-hydrogen) atoms. The Morgan fingerprint density at radius 2 is 1.66 bits per heavy atom. The van der Waals surface area contributed by atoms with E-state index in [1.54, 1.807) is 4.90 Å². The minimum absolute atomic E-state index is 0.00543. The number of aliphatic hydroxyl groups is 5. The summed E-state index contributed by atoms with van der Waals surface area (Å²) in [5.41, 5.74) is 10.7. The number of aldehydes is 1. The zero-order chi connectivity index (χ0) is 29.5.